The highest BCUT2D eigenvalue weighted by Gasteiger charge is 2.19. The lowest BCUT2D eigenvalue weighted by atomic mass is 9.88. The van der Waals surface area contributed by atoms with Crippen LogP contribution in [0, 0.1) is 5.41 Å². The molecule has 1 amide bonds. The van der Waals surface area contributed by atoms with E-state index in [0.717, 1.165) is 12.1 Å². The summed E-state index contributed by atoms with van der Waals surface area (Å²) in [6.45, 7) is 9.37. The summed E-state index contributed by atoms with van der Waals surface area (Å²) in [5, 5.41) is 6.73. The normalized spacial score (nSPS) is 12.4. The Kier molecular flexibility index (Phi) is 7.72. The van der Waals surface area contributed by atoms with Gasteiger partial charge in [0.1, 0.15) is 0 Å². The van der Waals surface area contributed by atoms with E-state index >= 15 is 0 Å². The number of hydrogen-bond acceptors (Lipinski definition) is 4. The van der Waals surface area contributed by atoms with Crippen molar-refractivity contribution in [2.75, 3.05) is 19.0 Å². The Morgan fingerprint density at radius 1 is 1.14 bits per heavy atom. The molecule has 0 heterocycles. The van der Waals surface area contributed by atoms with E-state index in [9.17, 15) is 4.79 Å². The second kappa shape index (κ2) is 9.80. The number of rotatable bonds is 8. The smallest absolute Gasteiger partial charge is 0.262 e. The van der Waals surface area contributed by atoms with Gasteiger partial charge in [0, 0.05) is 12.6 Å². The number of amides is 1. The van der Waals surface area contributed by atoms with Gasteiger partial charge in [-0.2, -0.15) is 0 Å². The number of para-hydroxylation sites is 1. The lowest BCUT2D eigenvalue weighted by Gasteiger charge is -2.28. The van der Waals surface area contributed by atoms with Gasteiger partial charge in [0.15, 0.2) is 18.1 Å². The predicted octanol–water partition coefficient (Wildman–Crippen LogP) is 4.89. The maximum Gasteiger partial charge on any atom is 0.262 e. The van der Waals surface area contributed by atoms with Crippen molar-refractivity contribution in [2.45, 2.75) is 40.3 Å². The van der Waals surface area contributed by atoms with Crippen LogP contribution >= 0.6 is 11.6 Å². The third-order valence-electron chi connectivity index (χ3n) is 4.65. The molecule has 0 bridgehead atoms. The van der Waals surface area contributed by atoms with Crippen LogP contribution in [0.4, 0.5) is 5.69 Å². The zero-order valence-electron chi connectivity index (χ0n) is 17.1. The van der Waals surface area contributed by atoms with Crippen LogP contribution in [0.3, 0.4) is 0 Å². The van der Waals surface area contributed by atoms with E-state index in [1.54, 1.807) is 31.4 Å². The number of carbonyl (C=O) groups excluding carboxylic acids is 1. The molecule has 0 saturated carbocycles. The van der Waals surface area contributed by atoms with Crippen molar-refractivity contribution in [1.29, 1.82) is 0 Å². The molecule has 6 heteroatoms. The highest BCUT2D eigenvalue weighted by molar-refractivity contribution is 6.33. The molecule has 28 heavy (non-hydrogen) atoms. The minimum Gasteiger partial charge on any atom is -0.493 e. The Morgan fingerprint density at radius 3 is 2.50 bits per heavy atom. The molecule has 2 rings (SSSR count). The molecule has 152 valence electrons. The van der Waals surface area contributed by atoms with Crippen LogP contribution in [0.1, 0.15) is 33.3 Å². The van der Waals surface area contributed by atoms with E-state index in [0.29, 0.717) is 28.3 Å². The summed E-state index contributed by atoms with van der Waals surface area (Å²) in [6, 6.07) is 13.1. The monoisotopic (exact) mass is 404 g/mol. The molecule has 2 aromatic rings. The highest BCUT2D eigenvalue weighted by Crippen LogP contribution is 2.29. The van der Waals surface area contributed by atoms with Crippen LogP contribution in [0.25, 0.3) is 0 Å². The van der Waals surface area contributed by atoms with Crippen LogP contribution in [0.2, 0.25) is 5.02 Å². The largest absolute Gasteiger partial charge is 0.493 e. The molecule has 5 nitrogen and oxygen atoms in total. The molecule has 1 atom stereocenters. The number of carbonyl (C=O) groups is 1. The van der Waals surface area contributed by atoms with Gasteiger partial charge in [-0.15, -0.1) is 0 Å². The summed E-state index contributed by atoms with van der Waals surface area (Å²) in [6.07, 6.45) is 0. The third kappa shape index (κ3) is 6.43. The molecule has 0 aliphatic rings. The number of ether oxygens (including phenoxy) is 2. The van der Waals surface area contributed by atoms with E-state index in [1.165, 1.54) is 0 Å². The van der Waals surface area contributed by atoms with E-state index in [-0.39, 0.29) is 17.9 Å². The highest BCUT2D eigenvalue weighted by atomic mass is 35.5. The van der Waals surface area contributed by atoms with E-state index in [2.05, 4.69) is 38.3 Å². The molecule has 0 aliphatic carbocycles. The van der Waals surface area contributed by atoms with Gasteiger partial charge < -0.3 is 20.1 Å². The summed E-state index contributed by atoms with van der Waals surface area (Å²) >= 11 is 6.05. The van der Waals surface area contributed by atoms with Crippen molar-refractivity contribution >= 4 is 23.2 Å². The van der Waals surface area contributed by atoms with E-state index in [1.807, 2.05) is 18.2 Å². The molecule has 0 aliphatic heterocycles. The molecule has 2 aromatic carbocycles. The maximum atomic E-state index is 12.1. The molecular formula is C22H29ClN2O3. The van der Waals surface area contributed by atoms with Crippen molar-refractivity contribution < 1.29 is 14.3 Å². The van der Waals surface area contributed by atoms with Crippen molar-refractivity contribution in [3.8, 4) is 11.5 Å². The van der Waals surface area contributed by atoms with Crippen molar-refractivity contribution in [3.63, 3.8) is 0 Å². The minimum atomic E-state index is -0.292. The van der Waals surface area contributed by atoms with Crippen molar-refractivity contribution in [1.82, 2.24) is 5.32 Å². The van der Waals surface area contributed by atoms with Crippen LogP contribution in [0.5, 0.6) is 11.5 Å². The lowest BCUT2D eigenvalue weighted by molar-refractivity contribution is -0.118. The second-order valence-electron chi connectivity index (χ2n) is 7.77. The molecule has 0 fully saturated rings. The van der Waals surface area contributed by atoms with Gasteiger partial charge in [-0.25, -0.2) is 0 Å². The molecule has 0 radical (unpaired) electrons. The first kappa shape index (κ1) is 22.1. The van der Waals surface area contributed by atoms with E-state index in [4.69, 9.17) is 21.1 Å². The molecule has 0 aromatic heterocycles. The minimum absolute atomic E-state index is 0.139. The fraction of sp³-hybridized carbons (Fsp3) is 0.409. The van der Waals surface area contributed by atoms with Gasteiger partial charge in [0.2, 0.25) is 0 Å². The van der Waals surface area contributed by atoms with Gasteiger partial charge >= 0.3 is 0 Å². The summed E-state index contributed by atoms with van der Waals surface area (Å²) in [4.78, 5) is 12.1. The number of halogens is 1. The number of benzene rings is 2. The van der Waals surface area contributed by atoms with Crippen molar-refractivity contribution in [2.24, 2.45) is 5.41 Å². The summed E-state index contributed by atoms with van der Waals surface area (Å²) in [5.74, 6) is 0.817. The summed E-state index contributed by atoms with van der Waals surface area (Å²) in [7, 11) is 1.58. The van der Waals surface area contributed by atoms with Crippen LogP contribution in [-0.2, 0) is 11.3 Å². The fourth-order valence-electron chi connectivity index (χ4n) is 2.41. The van der Waals surface area contributed by atoms with Crippen LogP contribution < -0.4 is 20.1 Å². The van der Waals surface area contributed by atoms with Gasteiger partial charge in [-0.1, -0.05) is 50.6 Å². The van der Waals surface area contributed by atoms with Crippen LogP contribution in [0.15, 0.2) is 42.5 Å². The SMILES string of the molecule is COc1cc(CN[C@@H](C)C(C)(C)C)ccc1OCC(=O)Nc1ccccc1Cl. The van der Waals surface area contributed by atoms with Crippen LogP contribution in [-0.4, -0.2) is 25.7 Å². The predicted molar refractivity (Wildman–Crippen MR) is 114 cm³/mol. The first-order chi connectivity index (χ1) is 13.2. The maximum absolute atomic E-state index is 12.1. The molecule has 0 unspecified atom stereocenters. The zero-order valence-corrected chi connectivity index (χ0v) is 17.9. The molecular weight excluding hydrogens is 376 g/mol. The topological polar surface area (TPSA) is 59.6 Å². The zero-order chi connectivity index (χ0) is 20.7. The lowest BCUT2D eigenvalue weighted by Crippen LogP contribution is -2.37. The quantitative estimate of drug-likeness (QED) is 0.657. The Morgan fingerprint density at radius 2 is 1.86 bits per heavy atom. The second-order valence-corrected chi connectivity index (χ2v) is 8.18. The number of methoxy groups -OCH3 is 1. The Balaban J connectivity index is 1.94. The molecule has 0 spiro atoms. The van der Waals surface area contributed by atoms with Gasteiger partial charge in [-0.05, 0) is 42.2 Å². The number of anilines is 1. The number of nitrogens with one attached hydrogen (secondary N) is 2. The van der Waals surface area contributed by atoms with Gasteiger partial charge in [0.05, 0.1) is 17.8 Å². The van der Waals surface area contributed by atoms with Crippen molar-refractivity contribution in [3.05, 3.63) is 53.1 Å². The van der Waals surface area contributed by atoms with Gasteiger partial charge in [0.25, 0.3) is 5.91 Å². The average molecular weight is 405 g/mol. The van der Waals surface area contributed by atoms with E-state index < -0.39 is 0 Å². The average Bonchev–Trinajstić information content (AvgIpc) is 2.65. The first-order valence-corrected chi connectivity index (χ1v) is 9.66. The number of hydrogen-bond donors (Lipinski definition) is 2. The third-order valence-corrected chi connectivity index (χ3v) is 4.98. The molecule has 0 saturated heterocycles. The fourth-order valence-corrected chi connectivity index (χ4v) is 2.59. The molecule has 2 N–H and O–H groups in total. The Bertz CT molecular complexity index is 803. The van der Waals surface area contributed by atoms with Gasteiger partial charge in [-0.3, -0.25) is 4.79 Å². The summed E-state index contributed by atoms with van der Waals surface area (Å²) in [5.41, 5.74) is 1.82. The first-order valence-electron chi connectivity index (χ1n) is 9.28. The summed E-state index contributed by atoms with van der Waals surface area (Å²) < 4.78 is 11.1. The Labute approximate surface area is 172 Å². The standard InChI is InChI=1S/C22H29ClN2O3/c1-15(22(2,3)4)24-13-16-10-11-19(20(12-16)27-5)28-14-21(26)25-18-9-7-6-8-17(18)23/h6-12,15,24H,13-14H2,1-5H3,(H,25,26)/t15-/m0/s1. The Hall–Kier alpha value is -2.24.